The van der Waals surface area contributed by atoms with Gasteiger partial charge in [-0.15, -0.1) is 0 Å². The molecule has 0 radical (unpaired) electrons. The normalized spacial score (nSPS) is 10.2. The summed E-state index contributed by atoms with van der Waals surface area (Å²) in [6.07, 6.45) is 5.11. The summed E-state index contributed by atoms with van der Waals surface area (Å²) in [6.45, 7) is 2.44. The molecule has 3 N–H and O–H groups in total. The van der Waals surface area contributed by atoms with Crippen LogP contribution in [0.2, 0.25) is 0 Å². The number of aromatic nitrogens is 3. The van der Waals surface area contributed by atoms with Crippen molar-refractivity contribution in [2.24, 2.45) is 0 Å². The second kappa shape index (κ2) is 7.27. The minimum Gasteiger partial charge on any atom is -0.369 e. The summed E-state index contributed by atoms with van der Waals surface area (Å²) >= 11 is 0. The molecule has 100 valence electrons. The van der Waals surface area contributed by atoms with E-state index in [-0.39, 0.29) is 0 Å². The van der Waals surface area contributed by atoms with Crippen LogP contribution in [0.5, 0.6) is 0 Å². The quantitative estimate of drug-likeness (QED) is 0.646. The summed E-state index contributed by atoms with van der Waals surface area (Å²) in [6, 6.07) is 5.84. The molecule has 0 amide bonds. The fourth-order valence-electron chi connectivity index (χ4n) is 1.56. The third kappa shape index (κ3) is 4.51. The van der Waals surface area contributed by atoms with Gasteiger partial charge in [0, 0.05) is 38.1 Å². The lowest BCUT2D eigenvalue weighted by Gasteiger charge is -2.08. The molecule has 0 atom stereocenters. The van der Waals surface area contributed by atoms with Crippen molar-refractivity contribution in [3.63, 3.8) is 0 Å². The fraction of sp³-hybridized carbons (Fsp3) is 0.308. The molecule has 0 aromatic carbocycles. The first-order valence-corrected chi connectivity index (χ1v) is 6.22. The molecule has 0 bridgehead atoms. The van der Waals surface area contributed by atoms with Crippen molar-refractivity contribution in [3.05, 3.63) is 42.5 Å². The summed E-state index contributed by atoms with van der Waals surface area (Å²) in [5.74, 6) is 1.63. The van der Waals surface area contributed by atoms with Gasteiger partial charge < -0.3 is 16.0 Å². The third-order valence-corrected chi connectivity index (χ3v) is 2.57. The van der Waals surface area contributed by atoms with Crippen LogP contribution in [-0.4, -0.2) is 35.1 Å². The van der Waals surface area contributed by atoms with Crippen LogP contribution in [0.15, 0.2) is 36.9 Å². The number of hydrogen-bond donors (Lipinski definition) is 3. The van der Waals surface area contributed by atoms with E-state index in [0.717, 1.165) is 31.3 Å². The van der Waals surface area contributed by atoms with Crippen molar-refractivity contribution in [1.82, 2.24) is 20.3 Å². The van der Waals surface area contributed by atoms with Crippen LogP contribution >= 0.6 is 0 Å². The van der Waals surface area contributed by atoms with E-state index in [1.165, 1.54) is 5.56 Å². The molecule has 0 aliphatic carbocycles. The maximum Gasteiger partial charge on any atom is 0.131 e. The van der Waals surface area contributed by atoms with Gasteiger partial charge in [-0.1, -0.05) is 0 Å². The monoisotopic (exact) mass is 258 g/mol. The van der Waals surface area contributed by atoms with Gasteiger partial charge in [-0.25, -0.2) is 9.97 Å². The molecule has 6 heteroatoms. The minimum atomic E-state index is 0.718. The molecule has 0 aliphatic heterocycles. The van der Waals surface area contributed by atoms with Gasteiger partial charge in [0.1, 0.15) is 18.0 Å². The summed E-state index contributed by atoms with van der Waals surface area (Å²) in [5.41, 5.74) is 1.17. The molecular weight excluding hydrogens is 240 g/mol. The zero-order valence-electron chi connectivity index (χ0n) is 10.9. The van der Waals surface area contributed by atoms with Crippen LogP contribution < -0.4 is 16.0 Å². The van der Waals surface area contributed by atoms with Gasteiger partial charge in [-0.3, -0.25) is 4.98 Å². The molecule has 2 aromatic rings. The van der Waals surface area contributed by atoms with Crippen molar-refractivity contribution in [1.29, 1.82) is 0 Å². The van der Waals surface area contributed by atoms with E-state index in [0.29, 0.717) is 0 Å². The lowest BCUT2D eigenvalue weighted by molar-refractivity contribution is 0.821. The van der Waals surface area contributed by atoms with E-state index >= 15 is 0 Å². The second-order valence-electron chi connectivity index (χ2n) is 4.03. The molecule has 19 heavy (non-hydrogen) atoms. The first-order chi connectivity index (χ1) is 9.38. The first-order valence-electron chi connectivity index (χ1n) is 6.22. The maximum atomic E-state index is 4.19. The number of anilines is 2. The Morgan fingerprint density at radius 3 is 2.47 bits per heavy atom. The van der Waals surface area contributed by atoms with Crippen LogP contribution in [0.3, 0.4) is 0 Å². The second-order valence-corrected chi connectivity index (χ2v) is 4.03. The number of pyridine rings is 1. The van der Waals surface area contributed by atoms with Crippen molar-refractivity contribution in [3.8, 4) is 0 Å². The average Bonchev–Trinajstić information content (AvgIpc) is 2.47. The Morgan fingerprint density at radius 1 is 1.00 bits per heavy atom. The number of hydrogen-bond acceptors (Lipinski definition) is 6. The summed E-state index contributed by atoms with van der Waals surface area (Å²) in [4.78, 5) is 12.3. The largest absolute Gasteiger partial charge is 0.369 e. The van der Waals surface area contributed by atoms with E-state index < -0.39 is 0 Å². The van der Waals surface area contributed by atoms with Crippen LogP contribution in [0.4, 0.5) is 11.6 Å². The number of rotatable bonds is 7. The van der Waals surface area contributed by atoms with Crippen molar-refractivity contribution >= 4 is 11.6 Å². The van der Waals surface area contributed by atoms with E-state index in [2.05, 4.69) is 30.9 Å². The highest BCUT2D eigenvalue weighted by Crippen LogP contribution is 2.09. The van der Waals surface area contributed by atoms with Crippen LogP contribution in [0.25, 0.3) is 0 Å². The van der Waals surface area contributed by atoms with E-state index in [1.54, 1.807) is 18.7 Å². The Labute approximate surface area is 112 Å². The Kier molecular flexibility index (Phi) is 5.06. The average molecular weight is 258 g/mol. The number of nitrogens with one attached hydrogen (secondary N) is 3. The summed E-state index contributed by atoms with van der Waals surface area (Å²) in [5, 5.41) is 9.55. The lowest BCUT2D eigenvalue weighted by Crippen LogP contribution is -2.18. The van der Waals surface area contributed by atoms with Gasteiger partial charge in [-0.05, 0) is 24.7 Å². The number of nitrogens with zero attached hydrogens (tertiary/aromatic N) is 3. The highest BCUT2D eigenvalue weighted by atomic mass is 15.1. The predicted octanol–water partition coefficient (Wildman–Crippen LogP) is 1.11. The zero-order chi connectivity index (χ0) is 13.3. The molecule has 0 saturated carbocycles. The Balaban J connectivity index is 1.88. The van der Waals surface area contributed by atoms with Crippen LogP contribution in [0.1, 0.15) is 5.56 Å². The van der Waals surface area contributed by atoms with E-state index in [9.17, 15) is 0 Å². The smallest absolute Gasteiger partial charge is 0.131 e. The predicted molar refractivity (Wildman–Crippen MR) is 76.0 cm³/mol. The summed E-state index contributed by atoms with van der Waals surface area (Å²) in [7, 11) is 1.92. The number of likely N-dealkylation sites (N-methyl/N-ethyl adjacent to an activating group) is 1. The van der Waals surface area contributed by atoms with E-state index in [1.807, 2.05) is 25.2 Å². The Bertz CT molecular complexity index is 488. The highest BCUT2D eigenvalue weighted by molar-refractivity contribution is 5.46. The molecule has 2 heterocycles. The molecule has 6 nitrogen and oxygen atoms in total. The third-order valence-electron chi connectivity index (χ3n) is 2.57. The molecular formula is C13H18N6. The zero-order valence-corrected chi connectivity index (χ0v) is 10.9. The molecule has 0 spiro atoms. The molecule has 0 saturated heterocycles. The van der Waals surface area contributed by atoms with E-state index in [4.69, 9.17) is 0 Å². The van der Waals surface area contributed by atoms with Gasteiger partial charge in [0.25, 0.3) is 0 Å². The molecule has 2 aromatic heterocycles. The highest BCUT2D eigenvalue weighted by Gasteiger charge is 1.98. The van der Waals surface area contributed by atoms with Crippen LogP contribution in [0, 0.1) is 0 Å². The minimum absolute atomic E-state index is 0.718. The van der Waals surface area contributed by atoms with Gasteiger partial charge >= 0.3 is 0 Å². The molecule has 2 rings (SSSR count). The van der Waals surface area contributed by atoms with Crippen LogP contribution in [-0.2, 0) is 6.54 Å². The van der Waals surface area contributed by atoms with Crippen molar-refractivity contribution in [2.45, 2.75) is 6.54 Å². The van der Waals surface area contributed by atoms with Gasteiger partial charge in [-0.2, -0.15) is 0 Å². The fourth-order valence-corrected chi connectivity index (χ4v) is 1.56. The first kappa shape index (κ1) is 13.2. The SMILES string of the molecule is CNCCNc1cc(NCc2ccncc2)ncn1. The van der Waals surface area contributed by atoms with Crippen molar-refractivity contribution in [2.75, 3.05) is 30.8 Å². The van der Waals surface area contributed by atoms with Crippen molar-refractivity contribution < 1.29 is 0 Å². The van der Waals surface area contributed by atoms with Gasteiger partial charge in [0.2, 0.25) is 0 Å². The molecule has 0 fully saturated rings. The standard InChI is InChI=1S/C13H18N6/c1-14-6-7-16-12-8-13(19-10-18-12)17-9-11-2-4-15-5-3-11/h2-5,8,10,14H,6-7,9H2,1H3,(H2,16,17,18,19). The Hall–Kier alpha value is -2.21. The molecule has 0 unspecified atom stereocenters. The lowest BCUT2D eigenvalue weighted by atomic mass is 10.3. The topological polar surface area (TPSA) is 74.8 Å². The summed E-state index contributed by atoms with van der Waals surface area (Å²) < 4.78 is 0. The van der Waals surface area contributed by atoms with Gasteiger partial charge in [0.15, 0.2) is 0 Å². The Morgan fingerprint density at radius 2 is 1.74 bits per heavy atom. The molecule has 0 aliphatic rings. The maximum absolute atomic E-state index is 4.19. The van der Waals surface area contributed by atoms with Gasteiger partial charge in [0.05, 0.1) is 0 Å².